The summed E-state index contributed by atoms with van der Waals surface area (Å²) < 4.78 is 26.0. The highest BCUT2D eigenvalue weighted by atomic mass is 19.2. The Kier molecular flexibility index (Phi) is 4.14. The zero-order chi connectivity index (χ0) is 16.7. The summed E-state index contributed by atoms with van der Waals surface area (Å²) in [4.78, 5) is 21.7. The molecule has 1 aliphatic carbocycles. The molecule has 1 saturated carbocycles. The lowest BCUT2D eigenvalue weighted by Crippen LogP contribution is -2.63. The van der Waals surface area contributed by atoms with Gasteiger partial charge in [-0.2, -0.15) is 0 Å². The van der Waals surface area contributed by atoms with E-state index in [0.717, 1.165) is 12.1 Å². The van der Waals surface area contributed by atoms with Gasteiger partial charge < -0.3 is 20.4 Å². The summed E-state index contributed by atoms with van der Waals surface area (Å²) in [5, 5.41) is 38.9. The van der Waals surface area contributed by atoms with Gasteiger partial charge >= 0.3 is 11.9 Å². The molecular formula is C13H13F2NO6. The summed E-state index contributed by atoms with van der Waals surface area (Å²) >= 11 is 0. The maximum Gasteiger partial charge on any atom is 0.354 e. The number of halogens is 2. The van der Waals surface area contributed by atoms with E-state index >= 15 is 0 Å². The number of aliphatic hydroxyl groups excluding tert-OH is 1. The third-order valence-electron chi connectivity index (χ3n) is 3.52. The van der Waals surface area contributed by atoms with Crippen LogP contribution in [0.2, 0.25) is 0 Å². The Balaban J connectivity index is 2.12. The predicted molar refractivity (Wildman–Crippen MR) is 66.9 cm³/mol. The normalized spacial score (nSPS) is 24.4. The first-order valence-corrected chi connectivity index (χ1v) is 6.26. The van der Waals surface area contributed by atoms with E-state index in [2.05, 4.69) is 5.32 Å². The highest BCUT2D eigenvalue weighted by Crippen LogP contribution is 2.42. The van der Waals surface area contributed by atoms with Gasteiger partial charge in [-0.25, -0.2) is 18.4 Å². The fourth-order valence-corrected chi connectivity index (χ4v) is 2.18. The molecule has 0 spiro atoms. The standard InChI is InChI=1S/C13H13F2NO6/c14-7-2-1-5(3-8(7)15)6-4-9(6)16-13(22,12(20)21)10(17)11(18)19/h1-3,6,9-10,16-17,22H,4H2,(H,18,19)(H,20,21). The number of hydrogen-bond acceptors (Lipinski definition) is 5. The molecule has 0 bridgehead atoms. The largest absolute Gasteiger partial charge is 0.479 e. The molecule has 0 radical (unpaired) electrons. The zero-order valence-electron chi connectivity index (χ0n) is 11.0. The van der Waals surface area contributed by atoms with Crippen LogP contribution in [0.4, 0.5) is 8.78 Å². The van der Waals surface area contributed by atoms with Gasteiger partial charge in [0.05, 0.1) is 0 Å². The van der Waals surface area contributed by atoms with Gasteiger partial charge in [-0.15, -0.1) is 0 Å². The number of aliphatic hydroxyl groups is 2. The van der Waals surface area contributed by atoms with Crippen LogP contribution in [0.15, 0.2) is 18.2 Å². The number of aliphatic carboxylic acids is 2. The van der Waals surface area contributed by atoms with E-state index in [1.807, 2.05) is 0 Å². The second kappa shape index (κ2) is 5.59. The average Bonchev–Trinajstić information content (AvgIpc) is 3.19. The summed E-state index contributed by atoms with van der Waals surface area (Å²) in [6, 6.07) is 2.46. The number of nitrogens with one attached hydrogen (secondary N) is 1. The monoisotopic (exact) mass is 317 g/mol. The second-order valence-corrected chi connectivity index (χ2v) is 5.08. The highest BCUT2D eigenvalue weighted by molar-refractivity contribution is 5.86. The Morgan fingerprint density at radius 1 is 1.27 bits per heavy atom. The van der Waals surface area contributed by atoms with Crippen molar-refractivity contribution in [3.05, 3.63) is 35.4 Å². The van der Waals surface area contributed by atoms with Crippen LogP contribution in [0.1, 0.15) is 17.9 Å². The summed E-state index contributed by atoms with van der Waals surface area (Å²) in [7, 11) is 0. The number of carboxylic acid groups (broad SMARTS) is 2. The van der Waals surface area contributed by atoms with Crippen LogP contribution in [0.3, 0.4) is 0 Å². The molecule has 9 heteroatoms. The lowest BCUT2D eigenvalue weighted by molar-refractivity contribution is -0.189. The van der Waals surface area contributed by atoms with E-state index in [4.69, 9.17) is 10.2 Å². The van der Waals surface area contributed by atoms with Gasteiger partial charge in [0.2, 0.25) is 6.10 Å². The molecule has 0 amide bonds. The van der Waals surface area contributed by atoms with Gasteiger partial charge in [-0.3, -0.25) is 5.32 Å². The maximum absolute atomic E-state index is 13.1. The minimum atomic E-state index is -3.08. The van der Waals surface area contributed by atoms with Crippen molar-refractivity contribution in [3.8, 4) is 0 Å². The Bertz CT molecular complexity index is 625. The molecule has 0 aliphatic heterocycles. The minimum absolute atomic E-state index is 0.271. The van der Waals surface area contributed by atoms with Crippen LogP contribution >= 0.6 is 0 Å². The quantitative estimate of drug-likeness (QED) is 0.453. The molecule has 4 atom stereocenters. The van der Waals surface area contributed by atoms with Crippen LogP contribution in [-0.4, -0.2) is 50.2 Å². The van der Waals surface area contributed by atoms with E-state index in [-0.39, 0.29) is 6.42 Å². The van der Waals surface area contributed by atoms with Crippen molar-refractivity contribution in [3.63, 3.8) is 0 Å². The first-order chi connectivity index (χ1) is 10.2. The topological polar surface area (TPSA) is 127 Å². The second-order valence-electron chi connectivity index (χ2n) is 5.08. The maximum atomic E-state index is 13.1. The lowest BCUT2D eigenvalue weighted by Gasteiger charge is -2.27. The van der Waals surface area contributed by atoms with Gasteiger partial charge in [0.15, 0.2) is 11.6 Å². The van der Waals surface area contributed by atoms with Crippen molar-refractivity contribution < 1.29 is 38.8 Å². The highest BCUT2D eigenvalue weighted by Gasteiger charge is 2.53. The van der Waals surface area contributed by atoms with Crippen molar-refractivity contribution in [2.75, 3.05) is 0 Å². The molecule has 7 nitrogen and oxygen atoms in total. The summed E-state index contributed by atoms with van der Waals surface area (Å²) in [5.74, 6) is -6.40. The van der Waals surface area contributed by atoms with Crippen LogP contribution in [0.5, 0.6) is 0 Å². The van der Waals surface area contributed by atoms with Crippen molar-refractivity contribution in [2.45, 2.75) is 30.2 Å². The summed E-state index contributed by atoms with van der Waals surface area (Å²) in [6.45, 7) is 0. The third-order valence-corrected chi connectivity index (χ3v) is 3.52. The number of carboxylic acids is 2. The van der Waals surface area contributed by atoms with Gasteiger partial charge in [-0.1, -0.05) is 6.07 Å². The van der Waals surface area contributed by atoms with E-state index < -0.39 is 47.4 Å². The molecule has 0 aromatic heterocycles. The van der Waals surface area contributed by atoms with Gasteiger partial charge in [0.25, 0.3) is 5.72 Å². The lowest BCUT2D eigenvalue weighted by atomic mass is 10.1. The van der Waals surface area contributed by atoms with Crippen LogP contribution in [-0.2, 0) is 9.59 Å². The Hall–Kier alpha value is -2.10. The molecule has 0 saturated heterocycles. The van der Waals surface area contributed by atoms with E-state index in [1.165, 1.54) is 6.07 Å². The van der Waals surface area contributed by atoms with Crippen LogP contribution in [0.25, 0.3) is 0 Å². The van der Waals surface area contributed by atoms with Gasteiger partial charge in [0.1, 0.15) is 0 Å². The number of hydrogen-bond donors (Lipinski definition) is 5. The molecule has 2 rings (SSSR count). The molecular weight excluding hydrogens is 304 g/mol. The first-order valence-electron chi connectivity index (χ1n) is 6.26. The van der Waals surface area contributed by atoms with Crippen molar-refractivity contribution in [2.24, 2.45) is 0 Å². The van der Waals surface area contributed by atoms with Crippen molar-refractivity contribution in [1.29, 1.82) is 0 Å². The first kappa shape index (κ1) is 16.3. The SMILES string of the molecule is O=C(O)C(O)C(O)(NC1CC1c1ccc(F)c(F)c1)C(=O)O. The average molecular weight is 317 g/mol. The molecule has 1 aliphatic rings. The molecule has 0 heterocycles. The molecule has 22 heavy (non-hydrogen) atoms. The molecule has 4 unspecified atom stereocenters. The Morgan fingerprint density at radius 2 is 1.91 bits per heavy atom. The third kappa shape index (κ3) is 2.91. The predicted octanol–water partition coefficient (Wildman–Crippen LogP) is -0.371. The van der Waals surface area contributed by atoms with Crippen LogP contribution in [0, 0.1) is 11.6 Å². The molecule has 1 fully saturated rings. The van der Waals surface area contributed by atoms with Gasteiger partial charge in [-0.05, 0) is 24.1 Å². The van der Waals surface area contributed by atoms with Gasteiger partial charge in [0, 0.05) is 12.0 Å². The zero-order valence-corrected chi connectivity index (χ0v) is 11.0. The Morgan fingerprint density at radius 3 is 2.41 bits per heavy atom. The molecule has 120 valence electrons. The van der Waals surface area contributed by atoms with Crippen molar-refractivity contribution >= 4 is 11.9 Å². The number of carbonyl (C=O) groups is 2. The smallest absolute Gasteiger partial charge is 0.354 e. The molecule has 5 N–H and O–H groups in total. The van der Waals surface area contributed by atoms with Crippen molar-refractivity contribution in [1.82, 2.24) is 5.32 Å². The number of benzene rings is 1. The van der Waals surface area contributed by atoms with E-state index in [1.54, 1.807) is 0 Å². The summed E-state index contributed by atoms with van der Waals surface area (Å²) in [6.07, 6.45) is -2.32. The minimum Gasteiger partial charge on any atom is -0.479 e. The number of rotatable bonds is 6. The fourth-order valence-electron chi connectivity index (χ4n) is 2.18. The van der Waals surface area contributed by atoms with Crippen LogP contribution < -0.4 is 5.32 Å². The Labute approximate surface area is 122 Å². The molecule has 1 aromatic carbocycles. The summed E-state index contributed by atoms with van der Waals surface area (Å²) in [5.41, 5.74) is -2.71. The fraction of sp³-hybridized carbons (Fsp3) is 0.385. The molecule has 1 aromatic rings. The van der Waals surface area contributed by atoms with E-state index in [0.29, 0.717) is 5.56 Å². The van der Waals surface area contributed by atoms with E-state index in [9.17, 15) is 28.6 Å².